The molecule has 1 aliphatic heterocycles. The topological polar surface area (TPSA) is 40.5 Å². The van der Waals surface area contributed by atoms with Crippen LogP contribution in [-0.2, 0) is 4.79 Å². The summed E-state index contributed by atoms with van der Waals surface area (Å²) in [6.07, 6.45) is 2.85. The van der Waals surface area contributed by atoms with E-state index in [-0.39, 0.29) is 17.9 Å². The molecule has 2 rings (SSSR count). The minimum Gasteiger partial charge on any atom is -0.393 e. The average Bonchev–Trinajstić information content (AvgIpc) is 2.58. The molecule has 3 heteroatoms. The molecule has 1 N–H and O–H groups in total. The van der Waals surface area contributed by atoms with Crippen LogP contribution in [0.2, 0.25) is 0 Å². The van der Waals surface area contributed by atoms with E-state index in [1.165, 1.54) is 6.08 Å². The van der Waals surface area contributed by atoms with Crippen molar-refractivity contribution >= 4 is 5.78 Å². The summed E-state index contributed by atoms with van der Waals surface area (Å²) in [7, 11) is 1.98. The van der Waals surface area contributed by atoms with Gasteiger partial charge in [0.2, 0.25) is 0 Å². The highest BCUT2D eigenvalue weighted by Crippen LogP contribution is 2.41. The number of ketones is 1. The van der Waals surface area contributed by atoms with Crippen LogP contribution < -0.4 is 0 Å². The second kappa shape index (κ2) is 3.48. The smallest absolute Gasteiger partial charge is 0.172 e. The molecule has 0 aromatic rings. The molecule has 0 spiro atoms. The van der Waals surface area contributed by atoms with E-state index in [1.807, 2.05) is 7.05 Å². The maximum Gasteiger partial charge on any atom is 0.172 e. The van der Waals surface area contributed by atoms with Gasteiger partial charge in [-0.05, 0) is 37.8 Å². The zero-order chi connectivity index (χ0) is 10.3. The first-order valence-corrected chi connectivity index (χ1v) is 5.18. The van der Waals surface area contributed by atoms with E-state index in [2.05, 4.69) is 11.5 Å². The van der Waals surface area contributed by atoms with E-state index < -0.39 is 0 Å². The van der Waals surface area contributed by atoms with Crippen molar-refractivity contribution in [2.45, 2.75) is 25.0 Å². The van der Waals surface area contributed by atoms with Crippen LogP contribution in [0.4, 0.5) is 0 Å². The zero-order valence-corrected chi connectivity index (χ0v) is 8.52. The van der Waals surface area contributed by atoms with Crippen molar-refractivity contribution < 1.29 is 9.90 Å². The maximum absolute atomic E-state index is 11.6. The fourth-order valence-corrected chi connectivity index (χ4v) is 3.08. The maximum atomic E-state index is 11.6. The largest absolute Gasteiger partial charge is 0.393 e. The molecule has 0 radical (unpaired) electrons. The van der Waals surface area contributed by atoms with Crippen LogP contribution in [-0.4, -0.2) is 41.5 Å². The molecule has 1 aliphatic carbocycles. The molecule has 3 nitrogen and oxygen atoms in total. The van der Waals surface area contributed by atoms with Crippen molar-refractivity contribution in [3.63, 3.8) is 0 Å². The van der Waals surface area contributed by atoms with E-state index in [0.29, 0.717) is 11.8 Å². The second-order valence-electron chi connectivity index (χ2n) is 4.54. The highest BCUT2D eigenvalue weighted by Gasteiger charge is 2.47. The average molecular weight is 195 g/mol. The summed E-state index contributed by atoms with van der Waals surface area (Å²) < 4.78 is 0. The lowest BCUT2D eigenvalue weighted by Gasteiger charge is -2.21. The summed E-state index contributed by atoms with van der Waals surface area (Å²) in [4.78, 5) is 13.7. The Morgan fingerprint density at radius 1 is 1.57 bits per heavy atom. The Morgan fingerprint density at radius 2 is 2.29 bits per heavy atom. The summed E-state index contributed by atoms with van der Waals surface area (Å²) in [6.45, 7) is 4.47. The summed E-state index contributed by atoms with van der Waals surface area (Å²) in [5.41, 5.74) is 0. The van der Waals surface area contributed by atoms with Gasteiger partial charge in [-0.3, -0.25) is 9.69 Å². The minimum absolute atomic E-state index is 0.0327. The Labute approximate surface area is 84.4 Å². The summed E-state index contributed by atoms with van der Waals surface area (Å²) in [5.74, 6) is 0.957. The van der Waals surface area contributed by atoms with E-state index in [1.54, 1.807) is 0 Å². The SMILES string of the molecule is C=CC(=O)C1C2CC(O)CC2CN1C. The Balaban J connectivity index is 2.16. The van der Waals surface area contributed by atoms with E-state index >= 15 is 0 Å². The molecule has 4 atom stereocenters. The third-order valence-electron chi connectivity index (χ3n) is 3.62. The molecule has 2 aliphatic rings. The van der Waals surface area contributed by atoms with Crippen molar-refractivity contribution in [1.29, 1.82) is 0 Å². The fraction of sp³-hybridized carbons (Fsp3) is 0.727. The minimum atomic E-state index is -0.196. The van der Waals surface area contributed by atoms with Crippen molar-refractivity contribution in [3.05, 3.63) is 12.7 Å². The normalized spacial score (nSPS) is 42.4. The highest BCUT2D eigenvalue weighted by atomic mass is 16.3. The predicted octanol–water partition coefficient (Wildman–Crippen LogP) is 0.443. The zero-order valence-electron chi connectivity index (χ0n) is 8.52. The number of likely N-dealkylation sites (tertiary alicyclic amines) is 1. The molecule has 0 bridgehead atoms. The molecule has 0 amide bonds. The summed E-state index contributed by atoms with van der Waals surface area (Å²) in [6, 6.07) is -0.0327. The van der Waals surface area contributed by atoms with Crippen molar-refractivity contribution in [2.75, 3.05) is 13.6 Å². The number of rotatable bonds is 2. The highest BCUT2D eigenvalue weighted by molar-refractivity contribution is 5.94. The number of aliphatic hydroxyl groups is 1. The Morgan fingerprint density at radius 3 is 2.93 bits per heavy atom. The van der Waals surface area contributed by atoms with Crippen LogP contribution in [0.25, 0.3) is 0 Å². The first-order valence-electron chi connectivity index (χ1n) is 5.18. The number of hydrogen-bond donors (Lipinski definition) is 1. The quantitative estimate of drug-likeness (QED) is 0.650. The molecule has 78 valence electrons. The third-order valence-corrected chi connectivity index (χ3v) is 3.62. The first kappa shape index (κ1) is 9.87. The standard InChI is InChI=1S/C11H17NO2/c1-3-10(14)11-9-5-8(13)4-7(9)6-12(11)2/h3,7-9,11,13H,1,4-6H2,2H3. The lowest BCUT2D eigenvalue weighted by Crippen LogP contribution is -2.36. The Kier molecular flexibility index (Phi) is 2.45. The van der Waals surface area contributed by atoms with Crippen LogP contribution in [0.3, 0.4) is 0 Å². The lowest BCUT2D eigenvalue weighted by molar-refractivity contribution is -0.119. The number of likely N-dealkylation sites (N-methyl/N-ethyl adjacent to an activating group) is 1. The number of carbonyl (C=O) groups is 1. The third kappa shape index (κ3) is 1.41. The number of nitrogens with zero attached hydrogens (tertiary/aromatic N) is 1. The number of carbonyl (C=O) groups excluding carboxylic acids is 1. The molecule has 1 heterocycles. The molecular weight excluding hydrogens is 178 g/mol. The first-order chi connectivity index (χ1) is 6.63. The van der Waals surface area contributed by atoms with Gasteiger partial charge in [0.15, 0.2) is 5.78 Å². The molecule has 0 aromatic carbocycles. The predicted molar refractivity (Wildman–Crippen MR) is 53.8 cm³/mol. The van der Waals surface area contributed by atoms with Crippen LogP contribution in [0.5, 0.6) is 0 Å². The van der Waals surface area contributed by atoms with E-state index in [9.17, 15) is 9.90 Å². The molecular formula is C11H17NO2. The van der Waals surface area contributed by atoms with Crippen molar-refractivity contribution in [3.8, 4) is 0 Å². The van der Waals surface area contributed by atoms with Gasteiger partial charge in [0.25, 0.3) is 0 Å². The molecule has 0 aromatic heterocycles. The molecule has 4 unspecified atom stereocenters. The van der Waals surface area contributed by atoms with Crippen LogP contribution in [0.1, 0.15) is 12.8 Å². The summed E-state index contributed by atoms with van der Waals surface area (Å²) in [5, 5.41) is 9.54. The number of fused-ring (bicyclic) bond motifs is 1. The summed E-state index contributed by atoms with van der Waals surface area (Å²) >= 11 is 0. The van der Waals surface area contributed by atoms with E-state index in [0.717, 1.165) is 19.4 Å². The lowest BCUT2D eigenvalue weighted by atomic mass is 9.91. The van der Waals surface area contributed by atoms with Crippen molar-refractivity contribution in [1.82, 2.24) is 4.90 Å². The Hall–Kier alpha value is -0.670. The van der Waals surface area contributed by atoms with Crippen molar-refractivity contribution in [2.24, 2.45) is 11.8 Å². The van der Waals surface area contributed by atoms with E-state index in [4.69, 9.17) is 0 Å². The van der Waals surface area contributed by atoms with Gasteiger partial charge in [-0.1, -0.05) is 6.58 Å². The van der Waals surface area contributed by atoms with Crippen LogP contribution in [0.15, 0.2) is 12.7 Å². The second-order valence-corrected chi connectivity index (χ2v) is 4.54. The van der Waals surface area contributed by atoms with Gasteiger partial charge in [0, 0.05) is 6.54 Å². The van der Waals surface area contributed by atoms with Gasteiger partial charge in [0.1, 0.15) is 0 Å². The Bertz CT molecular complexity index is 264. The number of hydrogen-bond acceptors (Lipinski definition) is 3. The van der Waals surface area contributed by atoms with Gasteiger partial charge >= 0.3 is 0 Å². The molecule has 1 saturated carbocycles. The van der Waals surface area contributed by atoms with Gasteiger partial charge in [-0.25, -0.2) is 0 Å². The van der Waals surface area contributed by atoms with Gasteiger partial charge < -0.3 is 5.11 Å². The molecule has 1 saturated heterocycles. The van der Waals surface area contributed by atoms with Crippen LogP contribution in [0, 0.1) is 11.8 Å². The van der Waals surface area contributed by atoms with Gasteiger partial charge in [0.05, 0.1) is 12.1 Å². The molecule has 14 heavy (non-hydrogen) atoms. The monoisotopic (exact) mass is 195 g/mol. The fourth-order valence-electron chi connectivity index (χ4n) is 3.08. The number of aliphatic hydroxyl groups excluding tert-OH is 1. The van der Waals surface area contributed by atoms with Crippen LogP contribution >= 0.6 is 0 Å². The molecule has 2 fully saturated rings. The van der Waals surface area contributed by atoms with Gasteiger partial charge in [-0.15, -0.1) is 0 Å². The van der Waals surface area contributed by atoms with Gasteiger partial charge in [-0.2, -0.15) is 0 Å².